The predicted molar refractivity (Wildman–Crippen MR) is 238 cm³/mol. The molecule has 0 spiro atoms. The molecular weight excluding hydrogens is 729 g/mol. The second-order valence-corrected chi connectivity index (χ2v) is 15.3. The smallest absolute Gasteiger partial charge is 0.227 e. The molecule has 0 saturated carbocycles. The Balaban J connectivity index is 0.950. The molecule has 0 atom stereocenters. The highest BCUT2D eigenvalue weighted by Gasteiger charge is 2.18. The highest BCUT2D eigenvalue weighted by Crippen LogP contribution is 2.40. The Morgan fingerprint density at radius 1 is 0.345 bits per heavy atom. The Hall–Kier alpha value is -7.54. The third-order valence-corrected chi connectivity index (χ3v) is 11.8. The van der Waals surface area contributed by atoms with E-state index in [1.807, 2.05) is 54.6 Å². The van der Waals surface area contributed by atoms with Crippen LogP contribution in [0.4, 0.5) is 0 Å². The number of oxazole rings is 1. The van der Waals surface area contributed by atoms with Crippen molar-refractivity contribution in [3.63, 3.8) is 0 Å². The predicted octanol–water partition coefficient (Wildman–Crippen LogP) is 14.0. The van der Waals surface area contributed by atoms with Gasteiger partial charge in [0.2, 0.25) is 5.89 Å². The Morgan fingerprint density at radius 2 is 0.862 bits per heavy atom. The van der Waals surface area contributed by atoms with E-state index >= 15 is 0 Å². The van der Waals surface area contributed by atoms with Crippen molar-refractivity contribution in [1.29, 1.82) is 0 Å². The number of thiophene rings is 1. The summed E-state index contributed by atoms with van der Waals surface area (Å²) in [5.41, 5.74) is 11.9. The summed E-state index contributed by atoms with van der Waals surface area (Å²) in [7, 11) is 0. The summed E-state index contributed by atoms with van der Waals surface area (Å²) in [6, 6.07) is 67.0. The molecule has 11 rings (SSSR count). The van der Waals surface area contributed by atoms with Gasteiger partial charge in [-0.2, -0.15) is 0 Å². The van der Waals surface area contributed by atoms with Gasteiger partial charge in [0.05, 0.1) is 0 Å². The fourth-order valence-corrected chi connectivity index (χ4v) is 8.90. The molecule has 272 valence electrons. The second kappa shape index (κ2) is 14.2. The summed E-state index contributed by atoms with van der Waals surface area (Å²) >= 11 is 1.77. The van der Waals surface area contributed by atoms with Gasteiger partial charge >= 0.3 is 0 Å². The highest BCUT2D eigenvalue weighted by atomic mass is 32.1. The number of benzene rings is 8. The Bertz CT molecular complexity index is 3260. The first kappa shape index (κ1) is 33.8. The maximum atomic E-state index is 6.38. The lowest BCUT2D eigenvalue weighted by Gasteiger charge is -2.10. The summed E-state index contributed by atoms with van der Waals surface area (Å²) in [6.45, 7) is 0. The molecule has 0 amide bonds. The molecule has 8 aromatic carbocycles. The van der Waals surface area contributed by atoms with Crippen LogP contribution in [0, 0.1) is 0 Å². The Morgan fingerprint density at radius 3 is 1.60 bits per heavy atom. The molecule has 0 bridgehead atoms. The molecule has 0 radical (unpaired) electrons. The average Bonchev–Trinajstić information content (AvgIpc) is 3.92. The van der Waals surface area contributed by atoms with E-state index in [9.17, 15) is 0 Å². The minimum absolute atomic E-state index is 0.578. The summed E-state index contributed by atoms with van der Waals surface area (Å²) in [5, 5.41) is 2.44. The first-order valence-corrected chi connectivity index (χ1v) is 20.0. The van der Waals surface area contributed by atoms with Gasteiger partial charge in [-0.3, -0.25) is 0 Å². The van der Waals surface area contributed by atoms with Crippen molar-refractivity contribution in [2.24, 2.45) is 0 Å². The van der Waals surface area contributed by atoms with Gasteiger partial charge in [0.25, 0.3) is 0 Å². The molecule has 58 heavy (non-hydrogen) atoms. The standard InChI is InChI=1S/C52H32N4OS/c1-3-12-33(13-4-1)34-24-26-35(27-25-34)36-28-30-38(31-29-36)52-53-47-41(19-11-22-45(47)57-52)39-16-9-17-40(32-39)50-54-49(37-14-5-2-6-15-37)55-51(56-50)44-21-10-20-43-42-18-7-8-23-46(42)58-48(43)44/h1-32H. The van der Waals surface area contributed by atoms with Gasteiger partial charge in [-0.15, -0.1) is 11.3 Å². The molecule has 0 unspecified atom stereocenters. The van der Waals surface area contributed by atoms with Crippen molar-refractivity contribution in [3.8, 4) is 79.0 Å². The van der Waals surface area contributed by atoms with Crippen LogP contribution in [0.2, 0.25) is 0 Å². The first-order valence-electron chi connectivity index (χ1n) is 19.2. The zero-order chi connectivity index (χ0) is 38.4. The van der Waals surface area contributed by atoms with E-state index < -0.39 is 0 Å². The van der Waals surface area contributed by atoms with E-state index in [0.717, 1.165) is 60.3 Å². The summed E-state index contributed by atoms with van der Waals surface area (Å²) in [6.07, 6.45) is 0. The third kappa shape index (κ3) is 6.13. The molecule has 3 aromatic heterocycles. The molecule has 11 aromatic rings. The average molecular weight is 761 g/mol. The number of hydrogen-bond donors (Lipinski definition) is 0. The van der Waals surface area contributed by atoms with E-state index in [1.54, 1.807) is 11.3 Å². The zero-order valence-corrected chi connectivity index (χ0v) is 31.9. The van der Waals surface area contributed by atoms with Crippen molar-refractivity contribution >= 4 is 42.6 Å². The lowest BCUT2D eigenvalue weighted by atomic mass is 9.99. The Labute approximate surface area is 338 Å². The molecule has 6 heteroatoms. The van der Waals surface area contributed by atoms with Crippen LogP contribution in [0.5, 0.6) is 0 Å². The van der Waals surface area contributed by atoms with Gasteiger partial charge in [0, 0.05) is 48.0 Å². The number of fused-ring (bicyclic) bond motifs is 4. The second-order valence-electron chi connectivity index (χ2n) is 14.2. The SMILES string of the molecule is c1ccc(-c2ccc(-c3ccc(-c4nc5c(-c6cccc(-c7nc(-c8ccccc8)nc(-c8cccc9c8sc8ccccc89)n7)c6)cccc5o4)cc3)cc2)cc1. The topological polar surface area (TPSA) is 64.7 Å². The normalized spacial score (nSPS) is 11.4. The van der Waals surface area contributed by atoms with Gasteiger partial charge in [-0.25, -0.2) is 19.9 Å². The molecule has 0 aliphatic carbocycles. The van der Waals surface area contributed by atoms with Gasteiger partial charge in [-0.1, -0.05) is 158 Å². The monoisotopic (exact) mass is 760 g/mol. The van der Waals surface area contributed by atoms with Gasteiger partial charge in [0.1, 0.15) is 5.52 Å². The first-order chi connectivity index (χ1) is 28.7. The minimum Gasteiger partial charge on any atom is -0.436 e. The fourth-order valence-electron chi connectivity index (χ4n) is 7.69. The number of nitrogens with zero attached hydrogens (tertiary/aromatic N) is 4. The van der Waals surface area contributed by atoms with Gasteiger partial charge < -0.3 is 4.42 Å². The summed E-state index contributed by atoms with van der Waals surface area (Å²) < 4.78 is 8.78. The van der Waals surface area contributed by atoms with E-state index in [4.69, 9.17) is 24.4 Å². The van der Waals surface area contributed by atoms with Crippen LogP contribution in [0.1, 0.15) is 0 Å². The quantitative estimate of drug-likeness (QED) is 0.162. The lowest BCUT2D eigenvalue weighted by Crippen LogP contribution is -2.00. The van der Waals surface area contributed by atoms with Crippen LogP contribution in [-0.4, -0.2) is 19.9 Å². The van der Waals surface area contributed by atoms with E-state index in [0.29, 0.717) is 23.4 Å². The highest BCUT2D eigenvalue weighted by molar-refractivity contribution is 7.26. The van der Waals surface area contributed by atoms with Crippen LogP contribution in [-0.2, 0) is 0 Å². The van der Waals surface area contributed by atoms with Crippen molar-refractivity contribution in [3.05, 3.63) is 194 Å². The summed E-state index contributed by atoms with van der Waals surface area (Å²) in [5.74, 6) is 2.45. The van der Waals surface area contributed by atoms with Crippen molar-refractivity contribution < 1.29 is 4.42 Å². The lowest BCUT2D eigenvalue weighted by molar-refractivity contribution is 0.620. The molecule has 5 nitrogen and oxygen atoms in total. The van der Waals surface area contributed by atoms with Crippen LogP contribution < -0.4 is 0 Å². The molecule has 0 N–H and O–H groups in total. The molecule has 3 heterocycles. The summed E-state index contributed by atoms with van der Waals surface area (Å²) in [4.78, 5) is 20.3. The maximum absolute atomic E-state index is 6.38. The van der Waals surface area contributed by atoms with Crippen LogP contribution in [0.25, 0.3) is 110 Å². The van der Waals surface area contributed by atoms with Crippen molar-refractivity contribution in [1.82, 2.24) is 19.9 Å². The fraction of sp³-hybridized carbons (Fsp3) is 0. The van der Waals surface area contributed by atoms with E-state index in [1.165, 1.54) is 26.6 Å². The van der Waals surface area contributed by atoms with Crippen LogP contribution in [0.15, 0.2) is 199 Å². The van der Waals surface area contributed by atoms with Crippen LogP contribution in [0.3, 0.4) is 0 Å². The van der Waals surface area contributed by atoms with E-state index in [2.05, 4.69) is 140 Å². The molecule has 0 aliphatic heterocycles. The van der Waals surface area contributed by atoms with Gasteiger partial charge in [-0.05, 0) is 64.2 Å². The maximum Gasteiger partial charge on any atom is 0.227 e. The van der Waals surface area contributed by atoms with Crippen LogP contribution >= 0.6 is 11.3 Å². The number of hydrogen-bond acceptors (Lipinski definition) is 6. The molecule has 0 aliphatic rings. The van der Waals surface area contributed by atoms with Crippen molar-refractivity contribution in [2.75, 3.05) is 0 Å². The zero-order valence-electron chi connectivity index (χ0n) is 31.1. The molecule has 0 fully saturated rings. The largest absolute Gasteiger partial charge is 0.436 e. The number of para-hydroxylation sites is 1. The molecule has 0 saturated heterocycles. The van der Waals surface area contributed by atoms with Crippen molar-refractivity contribution in [2.45, 2.75) is 0 Å². The third-order valence-electron chi connectivity index (χ3n) is 10.6. The Kier molecular flexibility index (Phi) is 8.26. The van der Waals surface area contributed by atoms with Gasteiger partial charge in [0.15, 0.2) is 23.1 Å². The molecular formula is C52H32N4OS. The van der Waals surface area contributed by atoms with E-state index in [-0.39, 0.29) is 0 Å². The number of aromatic nitrogens is 4. The number of rotatable bonds is 7. The minimum atomic E-state index is 0.578.